The van der Waals surface area contributed by atoms with Gasteiger partial charge in [-0.25, -0.2) is 0 Å². The van der Waals surface area contributed by atoms with E-state index in [0.717, 1.165) is 10.4 Å². The van der Waals surface area contributed by atoms with Crippen molar-refractivity contribution in [2.75, 3.05) is 0 Å². The van der Waals surface area contributed by atoms with Crippen LogP contribution in [0.5, 0.6) is 0 Å². The number of thiophene rings is 1. The van der Waals surface area contributed by atoms with Crippen molar-refractivity contribution in [2.45, 2.75) is 25.3 Å². The summed E-state index contributed by atoms with van der Waals surface area (Å²) in [5.74, 6) is -1.05. The average Bonchev–Trinajstić information content (AvgIpc) is 2.98. The van der Waals surface area contributed by atoms with Crippen LogP contribution in [0, 0.1) is 0 Å². The van der Waals surface area contributed by atoms with E-state index in [9.17, 15) is 9.59 Å². The van der Waals surface area contributed by atoms with E-state index >= 15 is 0 Å². The molecular formula is C16H17NO3S. The van der Waals surface area contributed by atoms with E-state index in [0.29, 0.717) is 12.8 Å². The number of carbonyl (C=O) groups excluding carboxylic acids is 1. The van der Waals surface area contributed by atoms with Gasteiger partial charge in [0.1, 0.15) is 0 Å². The van der Waals surface area contributed by atoms with Crippen LogP contribution in [-0.4, -0.2) is 17.0 Å². The molecule has 0 fully saturated rings. The molecule has 0 aliphatic heterocycles. The number of aliphatic carboxylic acids is 1. The van der Waals surface area contributed by atoms with Crippen molar-refractivity contribution in [3.8, 4) is 0 Å². The fourth-order valence-electron chi connectivity index (χ4n) is 2.07. The summed E-state index contributed by atoms with van der Waals surface area (Å²) >= 11 is 1.62. The highest BCUT2D eigenvalue weighted by Gasteiger charge is 2.17. The van der Waals surface area contributed by atoms with Gasteiger partial charge < -0.3 is 10.4 Å². The number of carboxylic acid groups (broad SMARTS) is 1. The van der Waals surface area contributed by atoms with Crippen LogP contribution in [-0.2, 0) is 16.0 Å². The molecule has 4 nitrogen and oxygen atoms in total. The maximum atomic E-state index is 12.0. The Morgan fingerprint density at radius 1 is 1.14 bits per heavy atom. The molecule has 2 rings (SSSR count). The monoisotopic (exact) mass is 303 g/mol. The molecule has 2 aromatic rings. The van der Waals surface area contributed by atoms with E-state index in [1.807, 2.05) is 47.8 Å². The molecule has 5 heteroatoms. The first-order valence-corrected chi connectivity index (χ1v) is 7.61. The van der Waals surface area contributed by atoms with E-state index in [1.54, 1.807) is 11.3 Å². The van der Waals surface area contributed by atoms with E-state index in [2.05, 4.69) is 5.32 Å². The van der Waals surface area contributed by atoms with Gasteiger partial charge in [-0.1, -0.05) is 36.4 Å². The van der Waals surface area contributed by atoms with Gasteiger partial charge >= 0.3 is 5.97 Å². The van der Waals surface area contributed by atoms with Crippen molar-refractivity contribution >= 4 is 23.2 Å². The van der Waals surface area contributed by atoms with Crippen LogP contribution in [0.3, 0.4) is 0 Å². The summed E-state index contributed by atoms with van der Waals surface area (Å²) in [7, 11) is 0. The smallest absolute Gasteiger partial charge is 0.305 e. The molecule has 0 saturated heterocycles. The Morgan fingerprint density at radius 3 is 2.52 bits per heavy atom. The molecule has 1 amide bonds. The maximum absolute atomic E-state index is 12.0. The highest BCUT2D eigenvalue weighted by molar-refractivity contribution is 7.09. The normalized spacial score (nSPS) is 11.8. The highest BCUT2D eigenvalue weighted by Crippen LogP contribution is 2.17. The van der Waals surface area contributed by atoms with Crippen molar-refractivity contribution in [1.82, 2.24) is 5.32 Å². The van der Waals surface area contributed by atoms with Crippen LogP contribution in [0.15, 0.2) is 47.8 Å². The number of amides is 1. The van der Waals surface area contributed by atoms with Gasteiger partial charge in [0.2, 0.25) is 5.91 Å². The van der Waals surface area contributed by atoms with Crippen molar-refractivity contribution in [3.05, 3.63) is 58.3 Å². The van der Waals surface area contributed by atoms with E-state index in [1.165, 1.54) is 0 Å². The number of hydrogen-bond donors (Lipinski definition) is 2. The van der Waals surface area contributed by atoms with Gasteiger partial charge in [-0.15, -0.1) is 11.3 Å². The lowest BCUT2D eigenvalue weighted by molar-refractivity contribution is -0.137. The first-order chi connectivity index (χ1) is 10.1. The lowest BCUT2D eigenvalue weighted by atomic mass is 10.0. The number of hydrogen-bond acceptors (Lipinski definition) is 3. The zero-order valence-corrected chi connectivity index (χ0v) is 12.3. The van der Waals surface area contributed by atoms with Crippen LogP contribution in [0.25, 0.3) is 0 Å². The molecule has 1 atom stereocenters. The molecule has 1 heterocycles. The molecule has 21 heavy (non-hydrogen) atoms. The summed E-state index contributed by atoms with van der Waals surface area (Å²) in [6, 6.07) is 12.6. The van der Waals surface area contributed by atoms with Crippen LogP contribution >= 0.6 is 11.3 Å². The molecule has 110 valence electrons. The van der Waals surface area contributed by atoms with Crippen molar-refractivity contribution in [2.24, 2.45) is 0 Å². The van der Waals surface area contributed by atoms with Crippen LogP contribution in [0.2, 0.25) is 0 Å². The second-order valence-corrected chi connectivity index (χ2v) is 5.74. The molecule has 1 unspecified atom stereocenters. The van der Waals surface area contributed by atoms with Crippen molar-refractivity contribution in [3.63, 3.8) is 0 Å². The van der Waals surface area contributed by atoms with E-state index in [-0.39, 0.29) is 12.3 Å². The summed E-state index contributed by atoms with van der Waals surface area (Å²) < 4.78 is 0. The van der Waals surface area contributed by atoms with Gasteiger partial charge in [-0.05, 0) is 23.4 Å². The molecule has 0 aliphatic rings. The molecule has 0 bridgehead atoms. The highest BCUT2D eigenvalue weighted by atomic mass is 32.1. The van der Waals surface area contributed by atoms with Crippen molar-refractivity contribution < 1.29 is 14.7 Å². The van der Waals surface area contributed by atoms with Gasteiger partial charge in [0.05, 0.1) is 12.5 Å². The zero-order valence-electron chi connectivity index (χ0n) is 11.5. The Labute approximate surface area is 127 Å². The Morgan fingerprint density at radius 2 is 1.90 bits per heavy atom. The van der Waals surface area contributed by atoms with Crippen LogP contribution in [0.4, 0.5) is 0 Å². The molecule has 1 aromatic carbocycles. The lowest BCUT2D eigenvalue weighted by Gasteiger charge is -2.17. The Hall–Kier alpha value is -2.14. The van der Waals surface area contributed by atoms with Gasteiger partial charge in [-0.3, -0.25) is 9.59 Å². The second-order valence-electron chi connectivity index (χ2n) is 4.71. The Bertz CT molecular complexity index is 581. The summed E-state index contributed by atoms with van der Waals surface area (Å²) in [5, 5.41) is 13.8. The van der Waals surface area contributed by atoms with Gasteiger partial charge in [0.15, 0.2) is 0 Å². The quantitative estimate of drug-likeness (QED) is 0.826. The first-order valence-electron chi connectivity index (χ1n) is 6.73. The van der Waals surface area contributed by atoms with Gasteiger partial charge in [-0.2, -0.15) is 0 Å². The summed E-state index contributed by atoms with van der Waals surface area (Å²) in [5.41, 5.74) is 0.810. The minimum Gasteiger partial charge on any atom is -0.481 e. The molecule has 0 radical (unpaired) electrons. The molecule has 2 N–H and O–H groups in total. The molecule has 0 spiro atoms. The largest absolute Gasteiger partial charge is 0.481 e. The van der Waals surface area contributed by atoms with Crippen molar-refractivity contribution in [1.29, 1.82) is 0 Å². The van der Waals surface area contributed by atoms with Gasteiger partial charge in [0, 0.05) is 11.3 Å². The zero-order chi connectivity index (χ0) is 15.1. The summed E-state index contributed by atoms with van der Waals surface area (Å²) in [4.78, 5) is 24.1. The molecule has 0 aliphatic carbocycles. The third-order valence-corrected chi connectivity index (χ3v) is 4.03. The molecular weight excluding hydrogens is 286 g/mol. The first kappa shape index (κ1) is 15.3. The van der Waals surface area contributed by atoms with Crippen LogP contribution in [0.1, 0.15) is 29.3 Å². The second kappa shape index (κ2) is 7.59. The summed E-state index contributed by atoms with van der Waals surface area (Å²) in [6.07, 6.45) is 0.927. The summed E-state index contributed by atoms with van der Waals surface area (Å²) in [6.45, 7) is 0. The average molecular weight is 303 g/mol. The number of nitrogens with one attached hydrogen (secondary N) is 1. The van der Waals surface area contributed by atoms with E-state index < -0.39 is 12.0 Å². The number of carboxylic acids is 1. The van der Waals surface area contributed by atoms with E-state index in [4.69, 9.17) is 5.11 Å². The fraction of sp³-hybridized carbons (Fsp3) is 0.250. The maximum Gasteiger partial charge on any atom is 0.305 e. The number of benzene rings is 1. The predicted octanol–water partition coefficient (Wildman–Crippen LogP) is 3.01. The minimum atomic E-state index is -0.928. The SMILES string of the molecule is O=C(O)CC(NC(=O)CCc1cccs1)c1ccccc1. The Balaban J connectivity index is 1.94. The molecule has 1 aromatic heterocycles. The number of aryl methyl sites for hydroxylation is 1. The minimum absolute atomic E-state index is 0.116. The topological polar surface area (TPSA) is 66.4 Å². The molecule has 0 saturated carbocycles. The van der Waals surface area contributed by atoms with Crippen LogP contribution < -0.4 is 5.32 Å². The number of carbonyl (C=O) groups is 2. The standard InChI is InChI=1S/C16H17NO3S/c18-15(9-8-13-7-4-10-21-13)17-14(11-16(19)20)12-5-2-1-3-6-12/h1-7,10,14H,8-9,11H2,(H,17,18)(H,19,20). The third kappa shape index (κ3) is 5.04. The third-order valence-electron chi connectivity index (χ3n) is 3.09. The van der Waals surface area contributed by atoms with Gasteiger partial charge in [0.25, 0.3) is 0 Å². The predicted molar refractivity (Wildman–Crippen MR) is 82.2 cm³/mol. The number of rotatable bonds is 7. The Kier molecular flexibility index (Phi) is 5.51. The lowest BCUT2D eigenvalue weighted by Crippen LogP contribution is -2.30. The fourth-order valence-corrected chi connectivity index (χ4v) is 2.78.